The number of amides is 2. The fourth-order valence-electron chi connectivity index (χ4n) is 2.05. The highest BCUT2D eigenvalue weighted by Gasteiger charge is 2.24. The maximum Gasteiger partial charge on any atom is 0.344 e. The molecule has 1 atom stereocenters. The van der Waals surface area contributed by atoms with Crippen molar-refractivity contribution in [1.82, 2.24) is 0 Å². The second-order valence-corrected chi connectivity index (χ2v) is 5.39. The molecule has 8 heteroatoms. The summed E-state index contributed by atoms with van der Waals surface area (Å²) >= 11 is 0. The summed E-state index contributed by atoms with van der Waals surface area (Å²) in [5.74, 6) is -4.33. The van der Waals surface area contributed by atoms with Crippen LogP contribution in [-0.4, -0.2) is 23.9 Å². The number of benzene rings is 2. The quantitative estimate of drug-likeness (QED) is 0.801. The standard InChI is InChI=1S/C18H16F2N2O4/c1-10(26-18(25)16-14(19)4-3-5-15(16)20)17(24)22-13-8-6-12(7-9-13)21-11(2)23/h3-10H,1-2H3,(H,21,23)(H,22,24)/t10-/m1/s1. The van der Waals surface area contributed by atoms with Crippen molar-refractivity contribution >= 4 is 29.2 Å². The minimum atomic E-state index is -1.28. The number of hydrogen-bond donors (Lipinski definition) is 2. The van der Waals surface area contributed by atoms with Gasteiger partial charge in [-0.25, -0.2) is 13.6 Å². The van der Waals surface area contributed by atoms with Gasteiger partial charge >= 0.3 is 5.97 Å². The van der Waals surface area contributed by atoms with E-state index in [1.165, 1.54) is 26.0 Å². The van der Waals surface area contributed by atoms with Crippen LogP contribution in [0.4, 0.5) is 20.2 Å². The van der Waals surface area contributed by atoms with Gasteiger partial charge in [0.1, 0.15) is 17.2 Å². The van der Waals surface area contributed by atoms with Gasteiger partial charge in [0.2, 0.25) is 5.91 Å². The Kier molecular flexibility index (Phi) is 6.00. The van der Waals surface area contributed by atoms with E-state index < -0.39 is 35.2 Å². The molecule has 0 radical (unpaired) electrons. The second-order valence-electron chi connectivity index (χ2n) is 5.39. The summed E-state index contributed by atoms with van der Waals surface area (Å²) in [6, 6.07) is 9.16. The van der Waals surface area contributed by atoms with Crippen molar-refractivity contribution in [2.45, 2.75) is 20.0 Å². The van der Waals surface area contributed by atoms with Gasteiger partial charge < -0.3 is 15.4 Å². The van der Waals surface area contributed by atoms with Crippen molar-refractivity contribution in [3.05, 3.63) is 59.7 Å². The van der Waals surface area contributed by atoms with E-state index in [-0.39, 0.29) is 5.91 Å². The van der Waals surface area contributed by atoms with Gasteiger partial charge in [-0.15, -0.1) is 0 Å². The normalized spacial score (nSPS) is 11.4. The third-order valence-corrected chi connectivity index (χ3v) is 3.29. The van der Waals surface area contributed by atoms with Gasteiger partial charge in [0, 0.05) is 18.3 Å². The number of hydrogen-bond acceptors (Lipinski definition) is 4. The van der Waals surface area contributed by atoms with E-state index in [1.807, 2.05) is 0 Å². The molecule has 2 rings (SSSR count). The molecule has 136 valence electrons. The average Bonchev–Trinajstić information content (AvgIpc) is 2.56. The molecule has 0 aromatic heterocycles. The van der Waals surface area contributed by atoms with Gasteiger partial charge in [0.25, 0.3) is 5.91 Å². The second kappa shape index (κ2) is 8.19. The molecule has 0 spiro atoms. The van der Waals surface area contributed by atoms with Crippen LogP contribution < -0.4 is 10.6 Å². The van der Waals surface area contributed by atoms with Crippen LogP contribution in [0.25, 0.3) is 0 Å². The Labute approximate surface area is 148 Å². The van der Waals surface area contributed by atoms with Crippen LogP contribution in [-0.2, 0) is 14.3 Å². The summed E-state index contributed by atoms with van der Waals surface area (Å²) in [5.41, 5.74) is 0.0842. The lowest BCUT2D eigenvalue weighted by molar-refractivity contribution is -0.123. The van der Waals surface area contributed by atoms with E-state index in [0.29, 0.717) is 11.4 Å². The predicted molar refractivity (Wildman–Crippen MR) is 90.6 cm³/mol. The highest BCUT2D eigenvalue weighted by Crippen LogP contribution is 2.16. The van der Waals surface area contributed by atoms with Crippen molar-refractivity contribution in [1.29, 1.82) is 0 Å². The molecule has 0 aliphatic rings. The van der Waals surface area contributed by atoms with E-state index >= 15 is 0 Å². The molecule has 2 aromatic rings. The third kappa shape index (κ3) is 4.85. The summed E-state index contributed by atoms with van der Waals surface area (Å²) in [6.45, 7) is 2.64. The molecule has 0 bridgehead atoms. The lowest BCUT2D eigenvalue weighted by Crippen LogP contribution is -2.30. The predicted octanol–water partition coefficient (Wildman–Crippen LogP) is 3.11. The highest BCUT2D eigenvalue weighted by molar-refractivity contribution is 5.97. The SMILES string of the molecule is CC(=O)Nc1ccc(NC(=O)[C@@H](C)OC(=O)c2c(F)cccc2F)cc1. The van der Waals surface area contributed by atoms with Crippen LogP contribution in [0, 0.1) is 11.6 Å². The smallest absolute Gasteiger partial charge is 0.344 e. The molecule has 2 N–H and O–H groups in total. The van der Waals surface area contributed by atoms with Gasteiger partial charge in [-0.1, -0.05) is 6.07 Å². The molecule has 0 heterocycles. The molecule has 0 aliphatic heterocycles. The zero-order valence-electron chi connectivity index (χ0n) is 14.0. The lowest BCUT2D eigenvalue weighted by atomic mass is 10.2. The van der Waals surface area contributed by atoms with E-state index in [1.54, 1.807) is 12.1 Å². The van der Waals surface area contributed by atoms with E-state index in [0.717, 1.165) is 18.2 Å². The Morgan fingerprint density at radius 3 is 1.92 bits per heavy atom. The number of halogens is 2. The first kappa shape index (κ1) is 19.0. The number of nitrogens with one attached hydrogen (secondary N) is 2. The molecule has 26 heavy (non-hydrogen) atoms. The van der Waals surface area contributed by atoms with Crippen LogP contribution in [0.1, 0.15) is 24.2 Å². The maximum atomic E-state index is 13.6. The molecule has 0 fully saturated rings. The molecular weight excluding hydrogens is 346 g/mol. The van der Waals surface area contributed by atoms with Gasteiger partial charge in [-0.3, -0.25) is 9.59 Å². The number of rotatable bonds is 5. The minimum Gasteiger partial charge on any atom is -0.449 e. The summed E-state index contributed by atoms with van der Waals surface area (Å²) < 4.78 is 31.9. The van der Waals surface area contributed by atoms with E-state index in [4.69, 9.17) is 4.74 Å². The van der Waals surface area contributed by atoms with Gasteiger partial charge in [-0.05, 0) is 43.3 Å². The number of carbonyl (C=O) groups is 3. The third-order valence-electron chi connectivity index (χ3n) is 3.29. The van der Waals surface area contributed by atoms with Crippen molar-refractivity contribution in [2.75, 3.05) is 10.6 Å². The number of carbonyl (C=O) groups excluding carboxylic acids is 3. The zero-order chi connectivity index (χ0) is 19.3. The summed E-state index contributed by atoms with van der Waals surface area (Å²) in [7, 11) is 0. The number of esters is 1. The fraction of sp³-hybridized carbons (Fsp3) is 0.167. The van der Waals surface area contributed by atoms with Crippen molar-refractivity contribution in [2.24, 2.45) is 0 Å². The first-order chi connectivity index (χ1) is 12.3. The minimum absolute atomic E-state index is 0.234. The Morgan fingerprint density at radius 2 is 1.42 bits per heavy atom. The van der Waals surface area contributed by atoms with Gasteiger partial charge in [0.05, 0.1) is 0 Å². The molecular formula is C18H16F2N2O4. The maximum absolute atomic E-state index is 13.6. The zero-order valence-corrected chi connectivity index (χ0v) is 14.0. The first-order valence-electron chi connectivity index (χ1n) is 7.61. The molecule has 2 aromatic carbocycles. The van der Waals surface area contributed by atoms with Gasteiger partial charge in [-0.2, -0.15) is 0 Å². The molecule has 0 unspecified atom stereocenters. The fourth-order valence-corrected chi connectivity index (χ4v) is 2.05. The monoisotopic (exact) mass is 362 g/mol. The summed E-state index contributed by atoms with van der Waals surface area (Å²) in [4.78, 5) is 34.9. The first-order valence-corrected chi connectivity index (χ1v) is 7.61. The van der Waals surface area contributed by atoms with Crippen LogP contribution >= 0.6 is 0 Å². The van der Waals surface area contributed by atoms with E-state index in [2.05, 4.69) is 10.6 Å². The Morgan fingerprint density at radius 1 is 0.923 bits per heavy atom. The molecule has 6 nitrogen and oxygen atoms in total. The van der Waals surface area contributed by atoms with Gasteiger partial charge in [0.15, 0.2) is 6.10 Å². The van der Waals surface area contributed by atoms with Crippen LogP contribution in [0.15, 0.2) is 42.5 Å². The van der Waals surface area contributed by atoms with Crippen LogP contribution in [0.2, 0.25) is 0 Å². The van der Waals surface area contributed by atoms with Crippen molar-refractivity contribution in [3.63, 3.8) is 0 Å². The van der Waals surface area contributed by atoms with E-state index in [9.17, 15) is 23.2 Å². The van der Waals surface area contributed by atoms with Crippen LogP contribution in [0.3, 0.4) is 0 Å². The van der Waals surface area contributed by atoms with Crippen LogP contribution in [0.5, 0.6) is 0 Å². The summed E-state index contributed by atoms with van der Waals surface area (Å²) in [6.07, 6.45) is -1.28. The van der Waals surface area contributed by atoms with Crippen molar-refractivity contribution in [3.8, 4) is 0 Å². The lowest BCUT2D eigenvalue weighted by Gasteiger charge is -2.14. The Bertz CT molecular complexity index is 817. The largest absolute Gasteiger partial charge is 0.449 e. The Balaban J connectivity index is 1.99. The van der Waals surface area contributed by atoms with Crippen molar-refractivity contribution < 1.29 is 27.9 Å². The number of ether oxygens (including phenoxy) is 1. The Hall–Kier alpha value is -3.29. The summed E-state index contributed by atoms with van der Waals surface area (Å²) in [5, 5.41) is 5.06. The highest BCUT2D eigenvalue weighted by atomic mass is 19.1. The molecule has 2 amide bonds. The molecule has 0 aliphatic carbocycles. The number of anilines is 2. The molecule has 0 saturated heterocycles. The molecule has 0 saturated carbocycles. The topological polar surface area (TPSA) is 84.5 Å². The average molecular weight is 362 g/mol.